The van der Waals surface area contributed by atoms with E-state index in [4.69, 9.17) is 0 Å². The van der Waals surface area contributed by atoms with Gasteiger partial charge in [0.1, 0.15) is 0 Å². The molecule has 20 heavy (non-hydrogen) atoms. The molecule has 2 aromatic rings. The van der Waals surface area contributed by atoms with E-state index in [1.54, 1.807) is 28.3 Å². The first-order valence-electron chi connectivity index (χ1n) is 6.72. The second-order valence-electron chi connectivity index (χ2n) is 5.06. The lowest BCUT2D eigenvalue weighted by Gasteiger charge is -2.19. The van der Waals surface area contributed by atoms with Crippen LogP contribution in [0.3, 0.4) is 0 Å². The van der Waals surface area contributed by atoms with E-state index < -0.39 is 0 Å². The molecule has 0 unspecified atom stereocenters. The molecule has 0 radical (unpaired) electrons. The standard InChI is InChI=1S/C15H17N3OS/c1-17-10-12(9-16-17)4-7-15(19)18(13-5-6-13)11-14-3-2-8-20-14/h2-4,7-10,13H,5-6,11H2,1H3/b7-4+. The zero-order valence-electron chi connectivity index (χ0n) is 11.4. The Morgan fingerprint density at radius 1 is 1.60 bits per heavy atom. The molecule has 5 heteroatoms. The number of rotatable bonds is 5. The molecule has 0 atom stereocenters. The van der Waals surface area contributed by atoms with E-state index in [0.29, 0.717) is 6.04 Å². The number of hydrogen-bond acceptors (Lipinski definition) is 3. The van der Waals surface area contributed by atoms with Crippen molar-refractivity contribution in [3.05, 3.63) is 46.4 Å². The van der Waals surface area contributed by atoms with Crippen molar-refractivity contribution < 1.29 is 4.79 Å². The van der Waals surface area contributed by atoms with Gasteiger partial charge in [-0.05, 0) is 30.4 Å². The number of nitrogens with zero attached hydrogens (tertiary/aromatic N) is 3. The number of carbonyl (C=O) groups is 1. The fourth-order valence-corrected chi connectivity index (χ4v) is 2.84. The maximum absolute atomic E-state index is 12.3. The third-order valence-corrected chi connectivity index (χ3v) is 4.18. The topological polar surface area (TPSA) is 38.1 Å². The number of amides is 1. The van der Waals surface area contributed by atoms with Gasteiger partial charge in [0.05, 0.1) is 12.7 Å². The van der Waals surface area contributed by atoms with Gasteiger partial charge in [-0.2, -0.15) is 5.10 Å². The van der Waals surface area contributed by atoms with Gasteiger partial charge in [0.2, 0.25) is 5.91 Å². The zero-order chi connectivity index (χ0) is 13.9. The van der Waals surface area contributed by atoms with Gasteiger partial charge in [0.25, 0.3) is 0 Å². The Hall–Kier alpha value is -1.88. The lowest BCUT2D eigenvalue weighted by Crippen LogP contribution is -2.30. The van der Waals surface area contributed by atoms with Gasteiger partial charge in [-0.1, -0.05) is 6.07 Å². The van der Waals surface area contributed by atoms with Gasteiger partial charge in [0, 0.05) is 35.8 Å². The zero-order valence-corrected chi connectivity index (χ0v) is 12.2. The van der Waals surface area contributed by atoms with Crippen molar-refractivity contribution in [3.63, 3.8) is 0 Å². The molecule has 1 aliphatic rings. The first-order valence-corrected chi connectivity index (χ1v) is 7.60. The predicted molar refractivity (Wildman–Crippen MR) is 80.1 cm³/mol. The molecule has 0 bridgehead atoms. The summed E-state index contributed by atoms with van der Waals surface area (Å²) >= 11 is 1.70. The van der Waals surface area contributed by atoms with Crippen molar-refractivity contribution in [1.82, 2.24) is 14.7 Å². The Bertz CT molecular complexity index is 611. The monoisotopic (exact) mass is 287 g/mol. The molecule has 2 heterocycles. The number of aryl methyl sites for hydroxylation is 1. The fourth-order valence-electron chi connectivity index (χ4n) is 2.13. The third kappa shape index (κ3) is 3.17. The van der Waals surface area contributed by atoms with Crippen molar-refractivity contribution in [3.8, 4) is 0 Å². The highest BCUT2D eigenvalue weighted by Crippen LogP contribution is 2.29. The summed E-state index contributed by atoms with van der Waals surface area (Å²) in [6, 6.07) is 4.53. The van der Waals surface area contributed by atoms with Crippen molar-refractivity contribution in [2.45, 2.75) is 25.4 Å². The Labute approximate surface area is 122 Å². The summed E-state index contributed by atoms with van der Waals surface area (Å²) in [5, 5.41) is 6.14. The van der Waals surface area contributed by atoms with Crippen LogP contribution in [0.5, 0.6) is 0 Å². The molecule has 2 aromatic heterocycles. The Kier molecular flexibility index (Phi) is 3.69. The van der Waals surface area contributed by atoms with Gasteiger partial charge in [-0.25, -0.2) is 0 Å². The fraction of sp³-hybridized carbons (Fsp3) is 0.333. The molecule has 3 rings (SSSR count). The molecule has 0 spiro atoms. The van der Waals surface area contributed by atoms with Crippen LogP contribution >= 0.6 is 11.3 Å². The summed E-state index contributed by atoms with van der Waals surface area (Å²) in [6.07, 6.45) is 9.38. The van der Waals surface area contributed by atoms with Crippen LogP contribution in [0.15, 0.2) is 36.0 Å². The number of thiophene rings is 1. The highest BCUT2D eigenvalue weighted by molar-refractivity contribution is 7.09. The maximum atomic E-state index is 12.3. The van der Waals surface area contributed by atoms with E-state index in [2.05, 4.69) is 16.5 Å². The number of aromatic nitrogens is 2. The van der Waals surface area contributed by atoms with E-state index in [1.807, 2.05) is 30.3 Å². The highest BCUT2D eigenvalue weighted by Gasteiger charge is 2.31. The van der Waals surface area contributed by atoms with Crippen LogP contribution in [-0.2, 0) is 18.4 Å². The Balaban J connectivity index is 1.68. The van der Waals surface area contributed by atoms with Gasteiger partial charge in [0.15, 0.2) is 0 Å². The average Bonchev–Trinajstić information content (AvgIpc) is 2.97. The van der Waals surface area contributed by atoms with Crippen LogP contribution < -0.4 is 0 Å². The minimum absolute atomic E-state index is 0.0877. The second kappa shape index (κ2) is 5.63. The summed E-state index contributed by atoms with van der Waals surface area (Å²) in [6.45, 7) is 0.721. The van der Waals surface area contributed by atoms with E-state index >= 15 is 0 Å². The molecular formula is C15H17N3OS. The molecule has 0 aliphatic heterocycles. The number of carbonyl (C=O) groups excluding carboxylic acids is 1. The molecule has 0 saturated heterocycles. The molecule has 1 saturated carbocycles. The summed E-state index contributed by atoms with van der Waals surface area (Å²) < 4.78 is 1.73. The summed E-state index contributed by atoms with van der Waals surface area (Å²) in [7, 11) is 1.87. The second-order valence-corrected chi connectivity index (χ2v) is 6.09. The minimum Gasteiger partial charge on any atom is -0.331 e. The largest absolute Gasteiger partial charge is 0.331 e. The molecule has 1 aliphatic carbocycles. The van der Waals surface area contributed by atoms with Crippen LogP contribution in [0.4, 0.5) is 0 Å². The third-order valence-electron chi connectivity index (χ3n) is 3.32. The summed E-state index contributed by atoms with van der Waals surface area (Å²) in [5.74, 6) is 0.0877. The van der Waals surface area contributed by atoms with E-state index in [1.165, 1.54) is 4.88 Å². The average molecular weight is 287 g/mol. The van der Waals surface area contributed by atoms with Gasteiger partial charge in [-0.15, -0.1) is 11.3 Å². The Morgan fingerprint density at radius 3 is 3.05 bits per heavy atom. The van der Waals surface area contributed by atoms with E-state index in [0.717, 1.165) is 24.9 Å². The summed E-state index contributed by atoms with van der Waals surface area (Å²) in [4.78, 5) is 15.6. The van der Waals surface area contributed by atoms with Crippen LogP contribution in [0.25, 0.3) is 6.08 Å². The van der Waals surface area contributed by atoms with Gasteiger partial charge < -0.3 is 4.90 Å². The highest BCUT2D eigenvalue weighted by atomic mass is 32.1. The summed E-state index contributed by atoms with van der Waals surface area (Å²) in [5.41, 5.74) is 0.952. The lowest BCUT2D eigenvalue weighted by molar-refractivity contribution is -0.127. The molecule has 4 nitrogen and oxygen atoms in total. The smallest absolute Gasteiger partial charge is 0.247 e. The van der Waals surface area contributed by atoms with Crippen molar-refractivity contribution >= 4 is 23.3 Å². The van der Waals surface area contributed by atoms with Gasteiger partial charge in [-0.3, -0.25) is 9.48 Å². The lowest BCUT2D eigenvalue weighted by atomic mass is 10.3. The van der Waals surface area contributed by atoms with Crippen molar-refractivity contribution in [2.75, 3.05) is 0 Å². The van der Waals surface area contributed by atoms with Crippen LogP contribution in [0.2, 0.25) is 0 Å². The van der Waals surface area contributed by atoms with Crippen LogP contribution in [-0.4, -0.2) is 26.6 Å². The first-order chi connectivity index (χ1) is 9.72. The van der Waals surface area contributed by atoms with Crippen molar-refractivity contribution in [2.24, 2.45) is 7.05 Å². The Morgan fingerprint density at radius 2 is 2.45 bits per heavy atom. The molecule has 0 aromatic carbocycles. The van der Waals surface area contributed by atoms with E-state index in [9.17, 15) is 4.79 Å². The molecule has 1 amide bonds. The SMILES string of the molecule is Cn1cc(/C=C/C(=O)N(Cc2cccs2)C2CC2)cn1. The number of hydrogen-bond donors (Lipinski definition) is 0. The first kappa shape index (κ1) is 13.1. The minimum atomic E-state index is 0.0877. The van der Waals surface area contributed by atoms with Crippen LogP contribution in [0, 0.1) is 0 Å². The van der Waals surface area contributed by atoms with E-state index in [-0.39, 0.29) is 5.91 Å². The normalized spacial score (nSPS) is 14.8. The molecule has 0 N–H and O–H groups in total. The maximum Gasteiger partial charge on any atom is 0.247 e. The quantitative estimate of drug-likeness (QED) is 0.793. The molecular weight excluding hydrogens is 270 g/mol. The van der Waals surface area contributed by atoms with Crippen LogP contribution in [0.1, 0.15) is 23.3 Å². The molecule has 104 valence electrons. The predicted octanol–water partition coefficient (Wildman–Crippen LogP) is 2.69. The van der Waals surface area contributed by atoms with Gasteiger partial charge >= 0.3 is 0 Å². The van der Waals surface area contributed by atoms with Crippen molar-refractivity contribution in [1.29, 1.82) is 0 Å². The molecule has 1 fully saturated rings.